The number of esters is 2. The Morgan fingerprint density at radius 2 is 2.28 bits per heavy atom. The first-order valence-electron chi connectivity index (χ1n) is 5.09. The van der Waals surface area contributed by atoms with E-state index >= 15 is 0 Å². The second kappa shape index (κ2) is 4.44. The number of fused-ring (bicyclic) bond motifs is 1. The van der Waals surface area contributed by atoms with E-state index in [0.29, 0.717) is 5.56 Å². The summed E-state index contributed by atoms with van der Waals surface area (Å²) < 4.78 is 9.35. The van der Waals surface area contributed by atoms with Gasteiger partial charge in [0.05, 0.1) is 17.6 Å². The number of nitro benzene ring substituents is 1. The van der Waals surface area contributed by atoms with Crippen LogP contribution in [0.25, 0.3) is 0 Å². The molecule has 0 saturated carbocycles. The Morgan fingerprint density at radius 3 is 2.89 bits per heavy atom. The summed E-state index contributed by atoms with van der Waals surface area (Å²) in [5.41, 5.74) is 0.457. The number of rotatable bonds is 2. The van der Waals surface area contributed by atoms with Crippen LogP contribution in [0.15, 0.2) is 18.2 Å². The van der Waals surface area contributed by atoms with Crippen molar-refractivity contribution < 1.29 is 24.0 Å². The van der Waals surface area contributed by atoms with Crippen molar-refractivity contribution in [2.75, 3.05) is 7.11 Å². The van der Waals surface area contributed by atoms with Crippen LogP contribution in [0.5, 0.6) is 0 Å². The highest BCUT2D eigenvalue weighted by Gasteiger charge is 2.32. The molecule has 1 aliphatic heterocycles. The highest BCUT2D eigenvalue weighted by Crippen LogP contribution is 2.25. The molecule has 2 rings (SSSR count). The second-order valence-electron chi connectivity index (χ2n) is 3.72. The van der Waals surface area contributed by atoms with Crippen LogP contribution >= 0.6 is 0 Å². The SMILES string of the molecule is COC(=O)[C@@H]1Cc2ccc([N+](=O)[O-])cc2C(=O)O1. The van der Waals surface area contributed by atoms with Crippen molar-refractivity contribution in [3.8, 4) is 0 Å². The first-order chi connectivity index (χ1) is 8.52. The Bertz CT molecular complexity index is 538. The number of non-ortho nitro benzene ring substituents is 1. The number of ether oxygens (including phenoxy) is 2. The first-order valence-corrected chi connectivity index (χ1v) is 5.09. The highest BCUT2D eigenvalue weighted by atomic mass is 16.6. The van der Waals surface area contributed by atoms with E-state index in [0.717, 1.165) is 6.07 Å². The highest BCUT2D eigenvalue weighted by molar-refractivity contribution is 5.95. The van der Waals surface area contributed by atoms with Gasteiger partial charge in [-0.05, 0) is 5.56 Å². The van der Waals surface area contributed by atoms with Gasteiger partial charge in [0, 0.05) is 18.6 Å². The van der Waals surface area contributed by atoms with Gasteiger partial charge in [-0.2, -0.15) is 0 Å². The van der Waals surface area contributed by atoms with Gasteiger partial charge >= 0.3 is 11.9 Å². The van der Waals surface area contributed by atoms with Crippen LogP contribution in [0, 0.1) is 10.1 Å². The molecule has 7 nitrogen and oxygen atoms in total. The minimum atomic E-state index is -0.989. The lowest BCUT2D eigenvalue weighted by molar-refractivity contribution is -0.384. The van der Waals surface area contributed by atoms with Crippen LogP contribution in [-0.4, -0.2) is 30.1 Å². The molecular weight excluding hydrogens is 242 g/mol. The zero-order valence-corrected chi connectivity index (χ0v) is 9.41. The van der Waals surface area contributed by atoms with Crippen molar-refractivity contribution in [3.63, 3.8) is 0 Å². The van der Waals surface area contributed by atoms with Gasteiger partial charge < -0.3 is 9.47 Å². The summed E-state index contributed by atoms with van der Waals surface area (Å²) in [7, 11) is 1.20. The smallest absolute Gasteiger partial charge is 0.347 e. The van der Waals surface area contributed by atoms with Crippen LogP contribution < -0.4 is 0 Å². The van der Waals surface area contributed by atoms with Crippen LogP contribution in [-0.2, 0) is 20.7 Å². The number of hydrogen-bond acceptors (Lipinski definition) is 6. The van der Waals surface area contributed by atoms with Crippen molar-refractivity contribution in [2.45, 2.75) is 12.5 Å². The van der Waals surface area contributed by atoms with Gasteiger partial charge in [-0.3, -0.25) is 10.1 Å². The summed E-state index contributed by atoms with van der Waals surface area (Å²) in [5, 5.41) is 10.6. The van der Waals surface area contributed by atoms with E-state index < -0.39 is 23.0 Å². The molecule has 18 heavy (non-hydrogen) atoms. The molecule has 0 N–H and O–H groups in total. The number of benzene rings is 1. The van der Waals surface area contributed by atoms with Crippen molar-refractivity contribution in [3.05, 3.63) is 39.4 Å². The lowest BCUT2D eigenvalue weighted by Crippen LogP contribution is -2.35. The second-order valence-corrected chi connectivity index (χ2v) is 3.72. The van der Waals surface area contributed by atoms with Gasteiger partial charge in [0.2, 0.25) is 6.10 Å². The Labute approximate surface area is 101 Å². The molecule has 7 heteroatoms. The maximum Gasteiger partial charge on any atom is 0.347 e. The topological polar surface area (TPSA) is 95.7 Å². The normalized spacial score (nSPS) is 17.6. The van der Waals surface area contributed by atoms with Gasteiger partial charge in [0.25, 0.3) is 5.69 Å². The molecule has 0 amide bonds. The Kier molecular flexibility index (Phi) is 2.97. The summed E-state index contributed by atoms with van der Waals surface area (Å²) in [6, 6.07) is 3.88. The van der Waals surface area contributed by atoms with E-state index in [-0.39, 0.29) is 17.7 Å². The Morgan fingerprint density at radius 1 is 1.56 bits per heavy atom. The summed E-state index contributed by atoms with van der Waals surface area (Å²) >= 11 is 0. The zero-order valence-electron chi connectivity index (χ0n) is 9.41. The summed E-state index contributed by atoms with van der Waals surface area (Å²) in [5.74, 6) is -1.40. The lowest BCUT2D eigenvalue weighted by atomic mass is 9.98. The van der Waals surface area contributed by atoms with Crippen LogP contribution in [0.2, 0.25) is 0 Å². The van der Waals surface area contributed by atoms with Gasteiger partial charge in [-0.15, -0.1) is 0 Å². The molecule has 1 aromatic carbocycles. The van der Waals surface area contributed by atoms with Crippen molar-refractivity contribution in [2.24, 2.45) is 0 Å². The number of hydrogen-bond donors (Lipinski definition) is 0. The number of carbonyl (C=O) groups excluding carboxylic acids is 2. The van der Waals surface area contributed by atoms with E-state index in [4.69, 9.17) is 4.74 Å². The van der Waals surface area contributed by atoms with Gasteiger partial charge in [-0.1, -0.05) is 6.07 Å². The minimum absolute atomic E-state index is 0.115. The maximum atomic E-state index is 11.6. The van der Waals surface area contributed by atoms with Crippen molar-refractivity contribution >= 4 is 17.6 Å². The molecule has 0 aliphatic carbocycles. The largest absolute Gasteiger partial charge is 0.466 e. The molecule has 0 aromatic heterocycles. The number of nitro groups is 1. The molecular formula is C11H9NO6. The molecule has 1 aliphatic rings. The molecule has 0 fully saturated rings. The molecule has 0 unspecified atom stereocenters. The number of carbonyl (C=O) groups is 2. The fourth-order valence-electron chi connectivity index (χ4n) is 1.74. The number of nitrogens with zero attached hydrogens (tertiary/aromatic N) is 1. The first kappa shape index (κ1) is 12.0. The van der Waals surface area contributed by atoms with E-state index in [2.05, 4.69) is 4.74 Å². The van der Waals surface area contributed by atoms with Crippen LogP contribution in [0.3, 0.4) is 0 Å². The quantitative estimate of drug-likeness (QED) is 0.439. The average molecular weight is 251 g/mol. The number of methoxy groups -OCH3 is 1. The lowest BCUT2D eigenvalue weighted by Gasteiger charge is -2.22. The summed E-state index contributed by atoms with van der Waals surface area (Å²) in [6.45, 7) is 0. The molecule has 0 spiro atoms. The molecule has 0 bridgehead atoms. The third-order valence-electron chi connectivity index (χ3n) is 2.64. The van der Waals surface area contributed by atoms with Crippen LogP contribution in [0.1, 0.15) is 15.9 Å². The Balaban J connectivity index is 2.36. The maximum absolute atomic E-state index is 11.6. The summed E-state index contributed by atoms with van der Waals surface area (Å²) in [6.07, 6.45) is -0.831. The van der Waals surface area contributed by atoms with E-state index in [1.54, 1.807) is 0 Å². The monoisotopic (exact) mass is 251 g/mol. The van der Waals surface area contributed by atoms with Crippen LogP contribution in [0.4, 0.5) is 5.69 Å². The van der Waals surface area contributed by atoms with Gasteiger partial charge in [0.15, 0.2) is 0 Å². The van der Waals surface area contributed by atoms with Gasteiger partial charge in [-0.25, -0.2) is 9.59 Å². The number of cyclic esters (lactones) is 1. The molecule has 1 heterocycles. The standard InChI is InChI=1S/C11H9NO6/c1-17-11(14)9-4-6-2-3-7(12(15)16)5-8(6)10(13)18-9/h2-3,5,9H,4H2,1H3/t9-/m0/s1. The molecule has 1 aromatic rings. The van der Waals surface area contributed by atoms with E-state index in [9.17, 15) is 19.7 Å². The molecule has 0 radical (unpaired) electrons. The van der Waals surface area contributed by atoms with Gasteiger partial charge in [0.1, 0.15) is 0 Å². The minimum Gasteiger partial charge on any atom is -0.466 e. The average Bonchev–Trinajstić information content (AvgIpc) is 2.37. The molecule has 94 valence electrons. The molecule has 1 atom stereocenters. The zero-order chi connectivity index (χ0) is 13.3. The third-order valence-corrected chi connectivity index (χ3v) is 2.64. The van der Waals surface area contributed by atoms with Crippen molar-refractivity contribution in [1.82, 2.24) is 0 Å². The third kappa shape index (κ3) is 2.02. The molecule has 0 saturated heterocycles. The van der Waals surface area contributed by atoms with E-state index in [1.165, 1.54) is 19.2 Å². The predicted molar refractivity (Wildman–Crippen MR) is 58.0 cm³/mol. The van der Waals surface area contributed by atoms with E-state index in [1.807, 2.05) is 0 Å². The fourth-order valence-corrected chi connectivity index (χ4v) is 1.74. The fraction of sp³-hybridized carbons (Fsp3) is 0.273. The van der Waals surface area contributed by atoms with Crippen molar-refractivity contribution in [1.29, 1.82) is 0 Å². The predicted octanol–water partition coefficient (Wildman–Crippen LogP) is 0.849. The Hall–Kier alpha value is -2.44. The summed E-state index contributed by atoms with van der Waals surface area (Å²) in [4.78, 5) is 32.9.